The fourth-order valence-corrected chi connectivity index (χ4v) is 7.81. The number of fused-ring (bicyclic) bond motifs is 2. The molecule has 0 saturated carbocycles. The normalized spacial score (nSPS) is 16.6. The maximum absolute atomic E-state index is 14.3. The van der Waals surface area contributed by atoms with Gasteiger partial charge in [0.15, 0.2) is 5.03 Å². The van der Waals surface area contributed by atoms with Crippen molar-refractivity contribution in [3.05, 3.63) is 99.3 Å². The topological polar surface area (TPSA) is 129 Å². The SMILES string of the molecule is COC(=O)C1CN(C(C)C)S(=O)(=O)c2c(-c3cccc(C(F)(F)F)c3)c(Cc3cccc4ccccc34)c(C(N)=O)c(=O)n21. The number of nitrogens with zero attached hydrogens (tertiary/aromatic N) is 2. The molecular weight excluding hydrogens is 599 g/mol. The van der Waals surface area contributed by atoms with E-state index in [0.717, 1.165) is 35.0 Å². The van der Waals surface area contributed by atoms with Crippen LogP contribution in [-0.4, -0.2) is 48.9 Å². The number of rotatable bonds is 6. The highest BCUT2D eigenvalue weighted by molar-refractivity contribution is 7.89. The number of carbonyl (C=O) groups is 2. The molecule has 3 aromatic carbocycles. The number of alkyl halides is 3. The molecule has 2 N–H and O–H groups in total. The molecule has 13 heteroatoms. The number of amides is 1. The fraction of sp³-hybridized carbons (Fsp3) is 0.258. The monoisotopic (exact) mass is 627 g/mol. The van der Waals surface area contributed by atoms with Crippen molar-refractivity contribution in [1.29, 1.82) is 0 Å². The van der Waals surface area contributed by atoms with Gasteiger partial charge in [-0.1, -0.05) is 54.6 Å². The highest BCUT2D eigenvalue weighted by Crippen LogP contribution is 2.41. The van der Waals surface area contributed by atoms with Gasteiger partial charge in [0.1, 0.15) is 11.6 Å². The summed E-state index contributed by atoms with van der Waals surface area (Å²) in [7, 11) is -3.60. The van der Waals surface area contributed by atoms with Crippen LogP contribution in [0.4, 0.5) is 13.2 Å². The van der Waals surface area contributed by atoms with E-state index in [2.05, 4.69) is 0 Å². The summed E-state index contributed by atoms with van der Waals surface area (Å²) in [6.07, 6.45) is -5.05. The molecule has 2 heterocycles. The number of esters is 1. The van der Waals surface area contributed by atoms with Gasteiger partial charge in [0.05, 0.1) is 12.7 Å². The lowest BCUT2D eigenvalue weighted by molar-refractivity contribution is -0.145. The van der Waals surface area contributed by atoms with Crippen molar-refractivity contribution < 1.29 is 35.9 Å². The van der Waals surface area contributed by atoms with Gasteiger partial charge in [-0.3, -0.25) is 14.2 Å². The first-order valence-corrected chi connectivity index (χ1v) is 15.0. The molecule has 1 atom stereocenters. The first-order valence-electron chi connectivity index (χ1n) is 13.5. The van der Waals surface area contributed by atoms with Crippen LogP contribution in [-0.2, 0) is 32.2 Å². The molecule has 4 aromatic rings. The zero-order chi connectivity index (χ0) is 32.1. The van der Waals surface area contributed by atoms with Crippen LogP contribution in [0.15, 0.2) is 76.6 Å². The molecule has 1 aromatic heterocycles. The second-order valence-electron chi connectivity index (χ2n) is 10.7. The third-order valence-electron chi connectivity index (χ3n) is 7.71. The first-order chi connectivity index (χ1) is 20.7. The highest BCUT2D eigenvalue weighted by Gasteiger charge is 2.46. The number of halogens is 3. The molecule has 0 radical (unpaired) electrons. The van der Waals surface area contributed by atoms with Crippen molar-refractivity contribution >= 4 is 32.7 Å². The molecular formula is C31H28F3N3O6S. The largest absolute Gasteiger partial charge is 0.467 e. The predicted molar refractivity (Wildman–Crippen MR) is 156 cm³/mol. The average Bonchev–Trinajstić information content (AvgIpc) is 2.96. The number of ether oxygens (including phenoxy) is 1. The Hall–Kier alpha value is -4.49. The molecule has 9 nitrogen and oxygen atoms in total. The number of primary amides is 1. The Kier molecular flexibility index (Phi) is 7.89. The smallest absolute Gasteiger partial charge is 0.416 e. The van der Waals surface area contributed by atoms with Gasteiger partial charge in [-0.05, 0) is 59.9 Å². The van der Waals surface area contributed by atoms with Crippen LogP contribution in [0.1, 0.15) is 46.9 Å². The van der Waals surface area contributed by atoms with Gasteiger partial charge < -0.3 is 10.5 Å². The first kappa shape index (κ1) is 31.0. The van der Waals surface area contributed by atoms with Crippen molar-refractivity contribution in [2.45, 2.75) is 43.6 Å². The Morgan fingerprint density at radius 2 is 1.70 bits per heavy atom. The predicted octanol–water partition coefficient (Wildman–Crippen LogP) is 4.50. The minimum atomic E-state index is -4.80. The van der Waals surface area contributed by atoms with Crippen LogP contribution < -0.4 is 11.3 Å². The molecule has 1 aliphatic rings. The number of pyridine rings is 1. The number of aromatic nitrogens is 1. The standard InChI is InChI=1S/C31H28F3N3O6S/c1-17(2)36-16-24(30(40)43-3)37-28(39)26(27(35)38)23(15-19-10-6-9-18-8-4-5-13-22(18)19)25(29(37)44(36,41)42)20-11-7-12-21(14-20)31(32,33)34/h4-14,17,24H,15-16H2,1-3H3,(H2,35,38). The Bertz CT molecular complexity index is 1980. The Morgan fingerprint density at radius 1 is 1.05 bits per heavy atom. The van der Waals surface area contributed by atoms with Gasteiger partial charge in [-0.15, -0.1) is 0 Å². The van der Waals surface area contributed by atoms with Crippen LogP contribution in [0, 0.1) is 0 Å². The molecule has 1 aliphatic heterocycles. The van der Waals surface area contributed by atoms with E-state index >= 15 is 0 Å². The third kappa shape index (κ3) is 5.15. The van der Waals surface area contributed by atoms with Gasteiger partial charge in [0, 0.05) is 18.2 Å². The van der Waals surface area contributed by atoms with Gasteiger partial charge in [-0.25, -0.2) is 13.2 Å². The Balaban J connectivity index is 2.01. The van der Waals surface area contributed by atoms with Crippen molar-refractivity contribution in [3.8, 4) is 11.1 Å². The van der Waals surface area contributed by atoms with E-state index in [1.807, 2.05) is 12.1 Å². The number of methoxy groups -OCH3 is 1. The third-order valence-corrected chi connectivity index (χ3v) is 9.79. The summed E-state index contributed by atoms with van der Waals surface area (Å²) in [5.74, 6) is -2.22. The van der Waals surface area contributed by atoms with Crippen LogP contribution >= 0.6 is 0 Å². The summed E-state index contributed by atoms with van der Waals surface area (Å²) in [6.45, 7) is 2.60. The number of carbonyl (C=O) groups excluding carboxylic acids is 2. The maximum Gasteiger partial charge on any atom is 0.416 e. The summed E-state index contributed by atoms with van der Waals surface area (Å²) < 4.78 is 76.9. The van der Waals surface area contributed by atoms with Gasteiger partial charge >= 0.3 is 12.1 Å². The zero-order valence-corrected chi connectivity index (χ0v) is 24.7. The lowest BCUT2D eigenvalue weighted by atomic mass is 9.89. The molecule has 0 saturated heterocycles. The van der Waals surface area contributed by atoms with Crippen molar-refractivity contribution in [2.24, 2.45) is 5.73 Å². The van der Waals surface area contributed by atoms with E-state index in [4.69, 9.17) is 10.5 Å². The lowest BCUT2D eigenvalue weighted by Crippen LogP contribution is -2.53. The zero-order valence-electron chi connectivity index (χ0n) is 23.9. The fourth-order valence-electron chi connectivity index (χ4n) is 5.73. The summed E-state index contributed by atoms with van der Waals surface area (Å²) in [4.78, 5) is 40.2. The van der Waals surface area contributed by atoms with Crippen LogP contribution in [0.5, 0.6) is 0 Å². The number of benzene rings is 3. The van der Waals surface area contributed by atoms with Gasteiger partial charge in [0.2, 0.25) is 0 Å². The van der Waals surface area contributed by atoms with Crippen molar-refractivity contribution in [3.63, 3.8) is 0 Å². The van der Waals surface area contributed by atoms with Crippen molar-refractivity contribution in [1.82, 2.24) is 8.87 Å². The number of nitrogens with two attached hydrogens (primary N) is 1. The maximum atomic E-state index is 14.3. The molecule has 1 unspecified atom stereocenters. The molecule has 5 rings (SSSR count). The molecule has 0 aliphatic carbocycles. The number of sulfonamides is 1. The quantitative estimate of drug-likeness (QED) is 0.314. The van der Waals surface area contributed by atoms with Crippen LogP contribution in [0.25, 0.3) is 21.9 Å². The Labute approximate surface area is 250 Å². The summed E-state index contributed by atoms with van der Waals surface area (Å²) in [5.41, 5.74) is 2.66. The van der Waals surface area contributed by atoms with E-state index < -0.39 is 68.4 Å². The lowest BCUT2D eigenvalue weighted by Gasteiger charge is -2.38. The van der Waals surface area contributed by atoms with Crippen LogP contribution in [0.2, 0.25) is 0 Å². The second-order valence-corrected chi connectivity index (χ2v) is 12.5. The number of hydrogen-bond acceptors (Lipinski definition) is 6. The highest BCUT2D eigenvalue weighted by atomic mass is 32.2. The minimum absolute atomic E-state index is 0.178. The second kappa shape index (κ2) is 11.2. The summed E-state index contributed by atoms with van der Waals surface area (Å²) in [5, 5.41) is 0.778. The van der Waals surface area contributed by atoms with E-state index in [9.17, 15) is 36.0 Å². The van der Waals surface area contributed by atoms with Crippen molar-refractivity contribution in [2.75, 3.05) is 13.7 Å². The van der Waals surface area contributed by atoms with Gasteiger partial charge in [0.25, 0.3) is 21.5 Å². The molecule has 230 valence electrons. The van der Waals surface area contributed by atoms with E-state index in [1.54, 1.807) is 44.2 Å². The molecule has 44 heavy (non-hydrogen) atoms. The van der Waals surface area contributed by atoms with E-state index in [1.165, 1.54) is 6.07 Å². The summed E-state index contributed by atoms with van der Waals surface area (Å²) >= 11 is 0. The minimum Gasteiger partial charge on any atom is -0.467 e. The summed E-state index contributed by atoms with van der Waals surface area (Å²) in [6, 6.07) is 14.1. The van der Waals surface area contributed by atoms with Gasteiger partial charge in [-0.2, -0.15) is 17.5 Å². The molecule has 0 fully saturated rings. The number of hydrogen-bond donors (Lipinski definition) is 1. The van der Waals surface area contributed by atoms with E-state index in [-0.39, 0.29) is 23.1 Å². The molecule has 0 spiro atoms. The van der Waals surface area contributed by atoms with E-state index in [0.29, 0.717) is 15.5 Å². The average molecular weight is 628 g/mol. The Morgan fingerprint density at radius 3 is 2.34 bits per heavy atom. The molecule has 0 bridgehead atoms. The molecule has 1 amide bonds. The van der Waals surface area contributed by atoms with Crippen LogP contribution in [0.3, 0.4) is 0 Å².